The fourth-order valence-corrected chi connectivity index (χ4v) is 4.76. The summed E-state index contributed by atoms with van der Waals surface area (Å²) in [6, 6.07) is 4.86. The van der Waals surface area contributed by atoms with Gasteiger partial charge in [-0.15, -0.1) is 0 Å². The number of rotatable bonds is 4. The Labute approximate surface area is 183 Å². The van der Waals surface area contributed by atoms with E-state index in [1.807, 2.05) is 0 Å². The van der Waals surface area contributed by atoms with Crippen LogP contribution < -0.4 is 10.6 Å². The van der Waals surface area contributed by atoms with Crippen molar-refractivity contribution in [3.8, 4) is 0 Å². The van der Waals surface area contributed by atoms with Gasteiger partial charge >= 0.3 is 6.03 Å². The molecule has 160 valence electrons. The van der Waals surface area contributed by atoms with Crippen LogP contribution in [-0.2, 0) is 4.79 Å². The average Bonchev–Trinajstić information content (AvgIpc) is 2.68. The lowest BCUT2D eigenvalue weighted by Crippen LogP contribution is -2.46. The minimum Gasteiger partial charge on any atom is -0.356 e. The first-order chi connectivity index (χ1) is 14.0. The second-order valence-corrected chi connectivity index (χ2v) is 9.14. The molecule has 0 radical (unpaired) electrons. The molecule has 0 bridgehead atoms. The average molecular weight is 440 g/mol. The number of likely N-dealkylation sites (tertiary alicyclic amines) is 1. The molecule has 1 unspecified atom stereocenters. The minimum absolute atomic E-state index is 0.158. The molecule has 1 saturated carbocycles. The zero-order valence-corrected chi connectivity index (χ0v) is 18.4. The molecule has 1 atom stereocenters. The van der Waals surface area contributed by atoms with E-state index in [-0.39, 0.29) is 23.8 Å². The summed E-state index contributed by atoms with van der Waals surface area (Å²) in [7, 11) is 0. The minimum atomic E-state index is -0.162. The number of anilines is 1. The highest BCUT2D eigenvalue weighted by Crippen LogP contribution is 2.26. The third-order valence-corrected chi connectivity index (χ3v) is 6.57. The third kappa shape index (κ3) is 6.78. The van der Waals surface area contributed by atoms with Crippen molar-refractivity contribution >= 4 is 40.8 Å². The monoisotopic (exact) mass is 439 g/mol. The number of nitrogens with one attached hydrogen (secondary N) is 2. The lowest BCUT2D eigenvalue weighted by molar-refractivity contribution is -0.125. The van der Waals surface area contributed by atoms with E-state index in [2.05, 4.69) is 10.6 Å². The van der Waals surface area contributed by atoms with Gasteiger partial charge in [0.05, 0.1) is 10.7 Å². The Bertz CT molecular complexity index is 705. The Morgan fingerprint density at radius 2 is 1.72 bits per heavy atom. The van der Waals surface area contributed by atoms with Crippen molar-refractivity contribution in [1.82, 2.24) is 10.2 Å². The largest absolute Gasteiger partial charge is 0.356 e. The molecule has 2 N–H and O–H groups in total. The lowest BCUT2D eigenvalue weighted by Gasteiger charge is -2.33. The molecule has 3 amide bonds. The fourth-order valence-electron chi connectivity index (χ4n) is 4.31. The number of hydrogen-bond acceptors (Lipinski definition) is 2. The zero-order valence-electron chi connectivity index (χ0n) is 16.9. The molecule has 1 heterocycles. The first-order valence-corrected chi connectivity index (χ1v) is 11.6. The summed E-state index contributed by atoms with van der Waals surface area (Å²) in [5, 5.41) is 6.98. The van der Waals surface area contributed by atoms with Crippen LogP contribution in [0.15, 0.2) is 18.2 Å². The van der Waals surface area contributed by atoms with E-state index in [1.54, 1.807) is 23.1 Å². The molecular weight excluding hydrogens is 409 g/mol. The normalized spacial score (nSPS) is 21.2. The maximum absolute atomic E-state index is 12.6. The van der Waals surface area contributed by atoms with Gasteiger partial charge in [-0.25, -0.2) is 4.79 Å². The van der Waals surface area contributed by atoms with Crippen LogP contribution >= 0.6 is 23.2 Å². The van der Waals surface area contributed by atoms with E-state index in [9.17, 15) is 9.59 Å². The standard InChI is InChI=1S/C22H31Cl2N3O2/c23-18-10-11-20(19(24)13-18)26-22(29)27-12-6-7-16(15-27)14-25-21(28)17-8-4-2-1-3-5-9-17/h10-11,13,16-17H,1-9,12,14-15H2,(H,25,28)(H,26,29). The van der Waals surface area contributed by atoms with Crippen LogP contribution in [0.5, 0.6) is 0 Å². The van der Waals surface area contributed by atoms with Crippen molar-refractivity contribution in [2.24, 2.45) is 11.8 Å². The van der Waals surface area contributed by atoms with Crippen LogP contribution in [0.1, 0.15) is 57.8 Å². The molecule has 3 rings (SSSR count). The number of urea groups is 1. The molecule has 7 heteroatoms. The van der Waals surface area contributed by atoms with Crippen LogP contribution in [0.25, 0.3) is 0 Å². The summed E-state index contributed by atoms with van der Waals surface area (Å²) in [6.45, 7) is 1.99. The number of carbonyl (C=O) groups excluding carboxylic acids is 2. The highest BCUT2D eigenvalue weighted by atomic mass is 35.5. The molecule has 2 fully saturated rings. The molecule has 2 aliphatic rings. The number of carbonyl (C=O) groups is 2. The Morgan fingerprint density at radius 1 is 1.00 bits per heavy atom. The molecule has 1 aromatic carbocycles. The molecule has 0 aromatic heterocycles. The molecular formula is C22H31Cl2N3O2. The van der Waals surface area contributed by atoms with Gasteiger partial charge < -0.3 is 15.5 Å². The van der Waals surface area contributed by atoms with E-state index in [1.165, 1.54) is 19.3 Å². The SMILES string of the molecule is O=C(NCC1CCCN(C(=O)Nc2ccc(Cl)cc2Cl)C1)C1CCCCCCC1. The van der Waals surface area contributed by atoms with Gasteiger partial charge in [0, 0.05) is 30.6 Å². The van der Waals surface area contributed by atoms with Crippen LogP contribution in [0.3, 0.4) is 0 Å². The number of piperidine rings is 1. The maximum atomic E-state index is 12.6. The van der Waals surface area contributed by atoms with Crippen molar-refractivity contribution in [2.45, 2.75) is 57.8 Å². The first-order valence-electron chi connectivity index (χ1n) is 10.8. The topological polar surface area (TPSA) is 61.4 Å². The fraction of sp³-hybridized carbons (Fsp3) is 0.636. The van der Waals surface area contributed by atoms with Gasteiger partial charge in [0.15, 0.2) is 0 Å². The van der Waals surface area contributed by atoms with Crippen molar-refractivity contribution in [1.29, 1.82) is 0 Å². The second kappa shape index (κ2) is 11.1. The Balaban J connectivity index is 1.47. The Kier molecular flexibility index (Phi) is 8.49. The number of hydrogen-bond donors (Lipinski definition) is 2. The van der Waals surface area contributed by atoms with Crippen molar-refractivity contribution in [3.05, 3.63) is 28.2 Å². The lowest BCUT2D eigenvalue weighted by atomic mass is 9.90. The van der Waals surface area contributed by atoms with Crippen LogP contribution in [-0.4, -0.2) is 36.5 Å². The molecule has 29 heavy (non-hydrogen) atoms. The molecule has 1 aromatic rings. The van der Waals surface area contributed by atoms with Crippen LogP contribution in [0.4, 0.5) is 10.5 Å². The summed E-state index contributed by atoms with van der Waals surface area (Å²) in [5.41, 5.74) is 0.556. The molecule has 1 aliphatic carbocycles. The number of nitrogens with zero attached hydrogens (tertiary/aromatic N) is 1. The number of amides is 3. The van der Waals surface area contributed by atoms with Crippen molar-refractivity contribution < 1.29 is 9.59 Å². The maximum Gasteiger partial charge on any atom is 0.321 e. The van der Waals surface area contributed by atoms with E-state index in [4.69, 9.17) is 23.2 Å². The number of benzene rings is 1. The molecule has 1 saturated heterocycles. The van der Waals surface area contributed by atoms with E-state index < -0.39 is 0 Å². The second-order valence-electron chi connectivity index (χ2n) is 8.30. The highest BCUT2D eigenvalue weighted by Gasteiger charge is 2.26. The van der Waals surface area contributed by atoms with Gasteiger partial charge in [0.1, 0.15) is 0 Å². The summed E-state index contributed by atoms with van der Waals surface area (Å²) >= 11 is 12.1. The van der Waals surface area contributed by atoms with Gasteiger partial charge in [-0.1, -0.05) is 55.3 Å². The molecule has 1 aliphatic heterocycles. The third-order valence-electron chi connectivity index (χ3n) is 6.02. The van der Waals surface area contributed by atoms with Gasteiger partial charge in [-0.2, -0.15) is 0 Å². The smallest absolute Gasteiger partial charge is 0.321 e. The van der Waals surface area contributed by atoms with Gasteiger partial charge in [-0.05, 0) is 49.8 Å². The van der Waals surface area contributed by atoms with E-state index >= 15 is 0 Å². The van der Waals surface area contributed by atoms with Gasteiger partial charge in [0.2, 0.25) is 5.91 Å². The summed E-state index contributed by atoms with van der Waals surface area (Å²) in [6.07, 6.45) is 10.1. The van der Waals surface area contributed by atoms with Crippen LogP contribution in [0, 0.1) is 11.8 Å². The van der Waals surface area contributed by atoms with E-state index in [0.29, 0.717) is 35.4 Å². The quantitative estimate of drug-likeness (QED) is 0.630. The van der Waals surface area contributed by atoms with E-state index in [0.717, 1.165) is 38.5 Å². The highest BCUT2D eigenvalue weighted by molar-refractivity contribution is 6.36. The number of halogens is 2. The van der Waals surface area contributed by atoms with Crippen molar-refractivity contribution in [3.63, 3.8) is 0 Å². The predicted molar refractivity (Wildman–Crippen MR) is 119 cm³/mol. The van der Waals surface area contributed by atoms with Crippen LogP contribution in [0.2, 0.25) is 10.0 Å². The Hall–Kier alpha value is -1.46. The summed E-state index contributed by atoms with van der Waals surface area (Å²) in [5.74, 6) is 0.638. The molecule has 0 spiro atoms. The first kappa shape index (κ1) is 22.2. The summed E-state index contributed by atoms with van der Waals surface area (Å²) in [4.78, 5) is 27.0. The molecule has 5 nitrogen and oxygen atoms in total. The Morgan fingerprint density at radius 3 is 2.45 bits per heavy atom. The zero-order chi connectivity index (χ0) is 20.6. The summed E-state index contributed by atoms with van der Waals surface area (Å²) < 4.78 is 0. The van der Waals surface area contributed by atoms with Crippen molar-refractivity contribution in [2.75, 3.05) is 25.0 Å². The van der Waals surface area contributed by atoms with Gasteiger partial charge in [0.25, 0.3) is 0 Å². The predicted octanol–water partition coefficient (Wildman–Crippen LogP) is 5.71. The van der Waals surface area contributed by atoms with Gasteiger partial charge in [-0.3, -0.25) is 4.79 Å².